The summed E-state index contributed by atoms with van der Waals surface area (Å²) in [6.45, 7) is -0.395. The summed E-state index contributed by atoms with van der Waals surface area (Å²) in [5.74, 6) is 0.139. The first-order valence-electron chi connectivity index (χ1n) is 7.89. The molecule has 0 saturated heterocycles. The Hall–Kier alpha value is -3.20. The first kappa shape index (κ1) is 16.3. The highest BCUT2D eigenvalue weighted by Gasteiger charge is 2.35. The van der Waals surface area contributed by atoms with E-state index in [-0.39, 0.29) is 0 Å². The van der Waals surface area contributed by atoms with Crippen molar-refractivity contribution in [2.75, 3.05) is 0 Å². The quantitative estimate of drug-likeness (QED) is 0.753. The number of hydrogen-bond acceptors (Lipinski definition) is 6. The Bertz CT molecular complexity index is 1030. The maximum atomic E-state index is 12.8. The summed E-state index contributed by atoms with van der Waals surface area (Å²) in [7, 11) is 0. The molecule has 0 unspecified atom stereocenters. The molecule has 0 spiro atoms. The van der Waals surface area contributed by atoms with E-state index in [0.29, 0.717) is 12.2 Å². The number of H-pyrrole nitrogens is 1. The lowest BCUT2D eigenvalue weighted by molar-refractivity contribution is -0.134. The van der Waals surface area contributed by atoms with Crippen LogP contribution in [0.4, 0.5) is 0 Å². The van der Waals surface area contributed by atoms with Gasteiger partial charge in [0.25, 0.3) is 11.5 Å². The van der Waals surface area contributed by atoms with Crippen LogP contribution in [0.15, 0.2) is 67.3 Å². The highest BCUT2D eigenvalue weighted by atomic mass is 32.1. The average molecular weight is 370 g/mol. The molecule has 0 radical (unpaired) electrons. The number of aromatic amines is 1. The van der Waals surface area contributed by atoms with Gasteiger partial charge in [0.15, 0.2) is 0 Å². The summed E-state index contributed by atoms with van der Waals surface area (Å²) in [5.41, 5.74) is -0.413. The van der Waals surface area contributed by atoms with Crippen molar-refractivity contribution in [1.29, 1.82) is 0 Å². The first-order chi connectivity index (χ1) is 12.6. The SMILES string of the molecule is O=C(Cn1c(=O)cc[nH]c1=O)N1N=C(c2cccs2)C[C@H]1c1ccco1. The van der Waals surface area contributed by atoms with E-state index < -0.39 is 29.7 Å². The number of furan rings is 1. The summed E-state index contributed by atoms with van der Waals surface area (Å²) in [6, 6.07) is 8.16. The molecule has 132 valence electrons. The number of nitrogens with zero attached hydrogens (tertiary/aromatic N) is 3. The third kappa shape index (κ3) is 2.93. The maximum absolute atomic E-state index is 12.8. The molecule has 9 heteroatoms. The molecule has 4 heterocycles. The lowest BCUT2D eigenvalue weighted by atomic mass is 10.1. The molecule has 0 aromatic carbocycles. The Morgan fingerprint density at radius 3 is 2.88 bits per heavy atom. The molecule has 1 aliphatic heterocycles. The van der Waals surface area contributed by atoms with Crippen LogP contribution in [-0.2, 0) is 11.3 Å². The van der Waals surface area contributed by atoms with Crippen LogP contribution >= 0.6 is 11.3 Å². The average Bonchev–Trinajstić information content (AvgIpc) is 3.38. The number of carbonyl (C=O) groups is 1. The molecule has 1 amide bonds. The van der Waals surface area contributed by atoms with Gasteiger partial charge < -0.3 is 9.40 Å². The Balaban J connectivity index is 1.67. The maximum Gasteiger partial charge on any atom is 0.328 e. The van der Waals surface area contributed by atoms with Gasteiger partial charge in [-0.1, -0.05) is 6.07 Å². The summed E-state index contributed by atoms with van der Waals surface area (Å²) in [5, 5.41) is 7.68. The lowest BCUT2D eigenvalue weighted by Crippen LogP contribution is -2.40. The molecule has 26 heavy (non-hydrogen) atoms. The summed E-state index contributed by atoms with van der Waals surface area (Å²) in [6.07, 6.45) is 3.29. The van der Waals surface area contributed by atoms with Gasteiger partial charge in [0.2, 0.25) is 0 Å². The van der Waals surface area contributed by atoms with Gasteiger partial charge in [-0.05, 0) is 23.6 Å². The monoisotopic (exact) mass is 370 g/mol. The summed E-state index contributed by atoms with van der Waals surface area (Å²) >= 11 is 1.53. The number of aromatic nitrogens is 2. The fourth-order valence-electron chi connectivity index (χ4n) is 2.84. The van der Waals surface area contributed by atoms with Gasteiger partial charge in [-0.2, -0.15) is 5.10 Å². The van der Waals surface area contributed by atoms with Gasteiger partial charge in [-0.15, -0.1) is 11.3 Å². The van der Waals surface area contributed by atoms with Crippen molar-refractivity contribution in [2.24, 2.45) is 5.10 Å². The molecule has 8 nitrogen and oxygen atoms in total. The predicted octanol–water partition coefficient (Wildman–Crippen LogP) is 1.57. The van der Waals surface area contributed by atoms with Crippen molar-refractivity contribution in [3.8, 4) is 0 Å². The molecule has 1 N–H and O–H groups in total. The van der Waals surface area contributed by atoms with E-state index in [1.54, 1.807) is 12.1 Å². The first-order valence-corrected chi connectivity index (χ1v) is 8.77. The largest absolute Gasteiger partial charge is 0.467 e. The molecular formula is C17H14N4O4S. The van der Waals surface area contributed by atoms with E-state index in [2.05, 4.69) is 10.1 Å². The standard InChI is InChI=1S/C17H14N4O4S/c22-15-5-6-18-17(24)20(15)10-16(23)21-12(13-3-1-7-25-13)9-11(19-21)14-4-2-8-26-14/h1-8,12H,9-10H2,(H,18,24)/t12-/m0/s1. The number of rotatable bonds is 4. The van der Waals surface area contributed by atoms with Crippen LogP contribution in [0.25, 0.3) is 0 Å². The van der Waals surface area contributed by atoms with E-state index in [9.17, 15) is 14.4 Å². The van der Waals surface area contributed by atoms with Gasteiger partial charge >= 0.3 is 5.69 Å². The Morgan fingerprint density at radius 1 is 1.31 bits per heavy atom. The highest BCUT2D eigenvalue weighted by Crippen LogP contribution is 2.34. The lowest BCUT2D eigenvalue weighted by Gasteiger charge is -2.20. The fourth-order valence-corrected chi connectivity index (χ4v) is 3.57. The van der Waals surface area contributed by atoms with Crippen LogP contribution in [-0.4, -0.2) is 26.2 Å². The number of thiophene rings is 1. The highest BCUT2D eigenvalue weighted by molar-refractivity contribution is 7.12. The third-order valence-electron chi connectivity index (χ3n) is 4.08. The zero-order chi connectivity index (χ0) is 18.1. The minimum atomic E-state index is -0.637. The van der Waals surface area contributed by atoms with E-state index in [0.717, 1.165) is 15.2 Å². The smallest absolute Gasteiger partial charge is 0.328 e. The van der Waals surface area contributed by atoms with Crippen molar-refractivity contribution in [1.82, 2.24) is 14.6 Å². The number of hydrogen-bond donors (Lipinski definition) is 1. The molecule has 3 aromatic heterocycles. The molecular weight excluding hydrogens is 356 g/mol. The van der Waals surface area contributed by atoms with Gasteiger partial charge in [-0.3, -0.25) is 14.2 Å². The van der Waals surface area contributed by atoms with E-state index >= 15 is 0 Å². The minimum Gasteiger partial charge on any atom is -0.467 e. The summed E-state index contributed by atoms with van der Waals surface area (Å²) < 4.78 is 6.31. The van der Waals surface area contributed by atoms with Crippen LogP contribution in [0, 0.1) is 0 Å². The topological polar surface area (TPSA) is 101 Å². The van der Waals surface area contributed by atoms with Gasteiger partial charge in [0, 0.05) is 18.7 Å². The fraction of sp³-hybridized carbons (Fsp3) is 0.176. The summed E-state index contributed by atoms with van der Waals surface area (Å²) in [4.78, 5) is 39.9. The predicted molar refractivity (Wildman–Crippen MR) is 95.1 cm³/mol. The molecule has 0 bridgehead atoms. The Kier molecular flexibility index (Phi) is 4.13. The zero-order valence-corrected chi connectivity index (χ0v) is 14.3. The molecule has 1 atom stereocenters. The molecule has 0 fully saturated rings. The van der Waals surface area contributed by atoms with Crippen LogP contribution in [0.1, 0.15) is 23.1 Å². The number of hydrazone groups is 1. The second kappa shape index (κ2) is 6.60. The van der Waals surface area contributed by atoms with Crippen molar-refractivity contribution in [3.63, 3.8) is 0 Å². The van der Waals surface area contributed by atoms with E-state index in [1.165, 1.54) is 34.9 Å². The Labute approximate surface area is 151 Å². The minimum absolute atomic E-state index is 0.395. The van der Waals surface area contributed by atoms with Crippen LogP contribution in [0.2, 0.25) is 0 Å². The van der Waals surface area contributed by atoms with Crippen LogP contribution in [0.3, 0.4) is 0 Å². The molecule has 1 aliphatic rings. The Morgan fingerprint density at radius 2 is 2.19 bits per heavy atom. The zero-order valence-electron chi connectivity index (χ0n) is 13.5. The number of amides is 1. The normalized spacial score (nSPS) is 16.7. The van der Waals surface area contributed by atoms with E-state index in [1.807, 2.05) is 17.5 Å². The van der Waals surface area contributed by atoms with Crippen molar-refractivity contribution < 1.29 is 9.21 Å². The van der Waals surface area contributed by atoms with Crippen LogP contribution in [0.5, 0.6) is 0 Å². The van der Waals surface area contributed by atoms with Crippen LogP contribution < -0.4 is 11.2 Å². The molecule has 4 rings (SSSR count). The second-order valence-corrected chi connectivity index (χ2v) is 6.65. The second-order valence-electron chi connectivity index (χ2n) is 5.70. The molecule has 0 aliphatic carbocycles. The molecule has 3 aromatic rings. The van der Waals surface area contributed by atoms with Crippen molar-refractivity contribution in [3.05, 3.63) is 79.6 Å². The third-order valence-corrected chi connectivity index (χ3v) is 5.00. The van der Waals surface area contributed by atoms with Gasteiger partial charge in [0.05, 0.1) is 16.9 Å². The van der Waals surface area contributed by atoms with Gasteiger partial charge in [0.1, 0.15) is 18.3 Å². The van der Waals surface area contributed by atoms with E-state index in [4.69, 9.17) is 4.42 Å². The number of carbonyl (C=O) groups excluding carboxylic acids is 1. The van der Waals surface area contributed by atoms with Crippen molar-refractivity contribution in [2.45, 2.75) is 19.0 Å². The molecule has 0 saturated carbocycles. The van der Waals surface area contributed by atoms with Crippen molar-refractivity contribution >= 4 is 23.0 Å². The number of nitrogens with one attached hydrogen (secondary N) is 1. The van der Waals surface area contributed by atoms with Gasteiger partial charge in [-0.25, -0.2) is 9.80 Å².